The molecule has 0 unspecified atom stereocenters. The molecule has 2 aromatic carbocycles. The van der Waals surface area contributed by atoms with Crippen molar-refractivity contribution in [3.8, 4) is 0 Å². The van der Waals surface area contributed by atoms with Gasteiger partial charge in [-0.3, -0.25) is 14.9 Å². The Kier molecular flexibility index (Phi) is 6.98. The smallest absolute Gasteiger partial charge is 0.279 e. The second kappa shape index (κ2) is 9.50. The van der Waals surface area contributed by atoms with Crippen molar-refractivity contribution >= 4 is 43.0 Å². The molecule has 0 atom stereocenters. The van der Waals surface area contributed by atoms with E-state index < -0.39 is 20.7 Å². The number of hydrogen-bond acceptors (Lipinski definition) is 7. The Hall–Kier alpha value is -2.89. The van der Waals surface area contributed by atoms with Gasteiger partial charge in [0.25, 0.3) is 11.6 Å². The van der Waals surface area contributed by atoms with E-state index in [2.05, 4.69) is 4.99 Å². The Morgan fingerprint density at radius 1 is 1.19 bits per heavy atom. The van der Waals surface area contributed by atoms with Crippen molar-refractivity contribution in [1.82, 2.24) is 4.57 Å². The fourth-order valence-electron chi connectivity index (χ4n) is 2.90. The van der Waals surface area contributed by atoms with Gasteiger partial charge < -0.3 is 9.30 Å². The van der Waals surface area contributed by atoms with Crippen LogP contribution in [0, 0.1) is 10.1 Å². The molecule has 1 heterocycles. The van der Waals surface area contributed by atoms with Crippen molar-refractivity contribution in [2.75, 3.05) is 19.0 Å². The lowest BCUT2D eigenvalue weighted by Crippen LogP contribution is -2.19. The Morgan fingerprint density at radius 3 is 2.52 bits per heavy atom. The largest absolute Gasteiger partial charge is 0.380 e. The first kappa shape index (κ1) is 22.8. The SMILES string of the molecule is CCOCCn1c(=NC(=O)c2ccc(S(=O)(=O)CC)cc2)sc2ccc([N+](=O)[O-])cc21. The minimum atomic E-state index is -3.36. The second-order valence-electron chi connectivity index (χ2n) is 6.49. The maximum Gasteiger partial charge on any atom is 0.279 e. The third kappa shape index (κ3) is 5.06. The van der Waals surface area contributed by atoms with E-state index in [4.69, 9.17) is 4.74 Å². The number of fused-ring (bicyclic) bond motifs is 1. The number of nitro groups is 1. The third-order valence-corrected chi connectivity index (χ3v) is 7.39. The van der Waals surface area contributed by atoms with Crippen molar-refractivity contribution < 1.29 is 22.9 Å². The molecule has 1 aromatic heterocycles. The molecule has 0 radical (unpaired) electrons. The molecule has 0 aliphatic carbocycles. The van der Waals surface area contributed by atoms with Crippen LogP contribution in [0.2, 0.25) is 0 Å². The number of benzene rings is 2. The number of nitrogens with zero attached hydrogens (tertiary/aromatic N) is 3. The number of ether oxygens (including phenoxy) is 1. The molecule has 0 fully saturated rings. The minimum absolute atomic E-state index is 0.0293. The van der Waals surface area contributed by atoms with Crippen LogP contribution in [0.25, 0.3) is 10.2 Å². The normalized spacial score (nSPS) is 12.4. The summed E-state index contributed by atoms with van der Waals surface area (Å²) >= 11 is 1.24. The number of thiazole rings is 1. The maximum absolute atomic E-state index is 12.7. The average Bonchev–Trinajstić information content (AvgIpc) is 3.10. The zero-order valence-corrected chi connectivity index (χ0v) is 18.6. The summed E-state index contributed by atoms with van der Waals surface area (Å²) in [6, 6.07) is 10.1. The van der Waals surface area contributed by atoms with Gasteiger partial charge in [-0.15, -0.1) is 0 Å². The van der Waals surface area contributed by atoms with Crippen LogP contribution >= 0.6 is 11.3 Å². The summed E-state index contributed by atoms with van der Waals surface area (Å²) in [5, 5.41) is 11.2. The number of nitro benzene ring substituents is 1. The first-order chi connectivity index (χ1) is 14.8. The van der Waals surface area contributed by atoms with Crippen molar-refractivity contribution in [3.05, 3.63) is 62.9 Å². The Balaban J connectivity index is 2.04. The van der Waals surface area contributed by atoms with Crippen molar-refractivity contribution in [2.24, 2.45) is 4.99 Å². The minimum Gasteiger partial charge on any atom is -0.380 e. The molecule has 0 aliphatic heterocycles. The van der Waals surface area contributed by atoms with Gasteiger partial charge in [0, 0.05) is 30.8 Å². The van der Waals surface area contributed by atoms with Crippen LogP contribution in [0.1, 0.15) is 24.2 Å². The molecule has 0 N–H and O–H groups in total. The highest BCUT2D eigenvalue weighted by Gasteiger charge is 2.15. The molecule has 1 amide bonds. The lowest BCUT2D eigenvalue weighted by atomic mass is 10.2. The number of hydrogen-bond donors (Lipinski definition) is 0. The van der Waals surface area contributed by atoms with E-state index in [-0.39, 0.29) is 21.9 Å². The quantitative estimate of drug-likeness (QED) is 0.287. The van der Waals surface area contributed by atoms with E-state index in [9.17, 15) is 23.3 Å². The van der Waals surface area contributed by atoms with Crippen LogP contribution in [0.4, 0.5) is 5.69 Å². The lowest BCUT2D eigenvalue weighted by molar-refractivity contribution is -0.384. The molecule has 3 aromatic rings. The summed E-state index contributed by atoms with van der Waals surface area (Å²) in [5.74, 6) is -0.565. The first-order valence-corrected chi connectivity index (χ1v) is 12.0. The molecule has 9 nitrogen and oxygen atoms in total. The number of amides is 1. The van der Waals surface area contributed by atoms with E-state index in [1.807, 2.05) is 6.92 Å². The molecule has 0 aliphatic rings. The van der Waals surface area contributed by atoms with Crippen molar-refractivity contribution in [3.63, 3.8) is 0 Å². The molecule has 0 saturated carbocycles. The summed E-state index contributed by atoms with van der Waals surface area (Å²) in [6.45, 7) is 4.65. The number of rotatable bonds is 8. The second-order valence-corrected chi connectivity index (χ2v) is 9.77. The summed E-state index contributed by atoms with van der Waals surface area (Å²) in [7, 11) is -3.36. The molecule has 11 heteroatoms. The van der Waals surface area contributed by atoms with Gasteiger partial charge in [-0.25, -0.2) is 8.42 Å². The zero-order valence-electron chi connectivity index (χ0n) is 17.0. The summed E-state index contributed by atoms with van der Waals surface area (Å²) in [4.78, 5) is 28.1. The molecule has 31 heavy (non-hydrogen) atoms. The van der Waals surface area contributed by atoms with Gasteiger partial charge in [-0.1, -0.05) is 18.3 Å². The maximum atomic E-state index is 12.7. The van der Waals surface area contributed by atoms with Gasteiger partial charge in [0.05, 0.1) is 32.4 Å². The molecule has 0 saturated heterocycles. The van der Waals surface area contributed by atoms with Crippen LogP contribution in [0.15, 0.2) is 52.4 Å². The third-order valence-electron chi connectivity index (χ3n) is 4.58. The van der Waals surface area contributed by atoms with Crippen LogP contribution < -0.4 is 4.80 Å². The highest BCUT2D eigenvalue weighted by molar-refractivity contribution is 7.91. The lowest BCUT2D eigenvalue weighted by Gasteiger charge is -2.05. The molecular weight excluding hydrogens is 442 g/mol. The topological polar surface area (TPSA) is 121 Å². The van der Waals surface area contributed by atoms with E-state index >= 15 is 0 Å². The zero-order chi connectivity index (χ0) is 22.6. The van der Waals surface area contributed by atoms with Gasteiger partial charge in [0.15, 0.2) is 14.6 Å². The van der Waals surface area contributed by atoms with Gasteiger partial charge in [-0.05, 0) is 37.3 Å². The highest BCUT2D eigenvalue weighted by atomic mass is 32.2. The monoisotopic (exact) mass is 463 g/mol. The van der Waals surface area contributed by atoms with Crippen LogP contribution in [-0.2, 0) is 21.1 Å². The summed E-state index contributed by atoms with van der Waals surface area (Å²) < 4.78 is 31.8. The first-order valence-electron chi connectivity index (χ1n) is 9.54. The van der Waals surface area contributed by atoms with Crippen LogP contribution in [0.5, 0.6) is 0 Å². The number of aromatic nitrogens is 1. The van der Waals surface area contributed by atoms with Gasteiger partial charge in [0.2, 0.25) is 0 Å². The predicted octanol–water partition coefficient (Wildman–Crippen LogP) is 3.18. The van der Waals surface area contributed by atoms with Gasteiger partial charge >= 0.3 is 0 Å². The van der Waals surface area contributed by atoms with Gasteiger partial charge in [-0.2, -0.15) is 4.99 Å². The molecule has 0 bridgehead atoms. The number of non-ortho nitro benzene ring substituents is 1. The predicted molar refractivity (Wildman–Crippen MR) is 117 cm³/mol. The summed E-state index contributed by atoms with van der Waals surface area (Å²) in [5.41, 5.74) is 0.783. The Labute approximate surface area is 182 Å². The van der Waals surface area contributed by atoms with Crippen LogP contribution in [-0.4, -0.2) is 42.8 Å². The molecular formula is C20H21N3O6S2. The fraction of sp³-hybridized carbons (Fsp3) is 0.300. The fourth-order valence-corrected chi connectivity index (χ4v) is 4.81. The van der Waals surface area contributed by atoms with E-state index in [0.717, 1.165) is 4.70 Å². The Morgan fingerprint density at radius 2 is 1.90 bits per heavy atom. The van der Waals surface area contributed by atoms with Crippen molar-refractivity contribution in [1.29, 1.82) is 0 Å². The van der Waals surface area contributed by atoms with E-state index in [1.54, 1.807) is 17.6 Å². The molecule has 3 rings (SSSR count). The Bertz CT molecular complexity index is 1290. The molecule has 0 spiro atoms. The van der Waals surface area contributed by atoms with E-state index in [0.29, 0.717) is 30.1 Å². The molecule has 164 valence electrons. The van der Waals surface area contributed by atoms with Crippen LogP contribution in [0.3, 0.4) is 0 Å². The average molecular weight is 464 g/mol. The summed E-state index contributed by atoms with van der Waals surface area (Å²) in [6.07, 6.45) is 0. The van der Waals surface area contributed by atoms with Gasteiger partial charge in [0.1, 0.15) is 0 Å². The van der Waals surface area contributed by atoms with E-state index in [1.165, 1.54) is 47.7 Å². The van der Waals surface area contributed by atoms with Crippen molar-refractivity contribution in [2.45, 2.75) is 25.3 Å². The number of carbonyl (C=O) groups excluding carboxylic acids is 1. The standard InChI is InChI=1S/C20H21N3O6S2/c1-3-29-12-11-22-17-13-15(23(25)26)7-10-18(17)30-20(22)21-19(24)14-5-8-16(9-6-14)31(27,28)4-2/h5-10,13H,3-4,11-12H2,1-2H3. The number of carbonyl (C=O) groups is 1. The number of sulfone groups is 1. The highest BCUT2D eigenvalue weighted by Crippen LogP contribution is 2.23.